The zero-order chi connectivity index (χ0) is 18.3. The predicted octanol–water partition coefficient (Wildman–Crippen LogP) is 3.95. The maximum Gasteiger partial charge on any atom is 0.269 e. The van der Waals surface area contributed by atoms with Crippen LogP contribution in [0.4, 0.5) is 11.4 Å². The number of nitro groups is 1. The van der Waals surface area contributed by atoms with E-state index in [0.29, 0.717) is 21.2 Å². The van der Waals surface area contributed by atoms with Crippen molar-refractivity contribution in [3.63, 3.8) is 0 Å². The molecule has 3 aromatic rings. The third-order valence-corrected chi connectivity index (χ3v) is 5.63. The van der Waals surface area contributed by atoms with Gasteiger partial charge in [-0.25, -0.2) is 9.20 Å². The Morgan fingerprint density at radius 3 is 2.54 bits per heavy atom. The molecule has 0 aliphatic carbocycles. The molecule has 0 saturated carbocycles. The van der Waals surface area contributed by atoms with Crippen molar-refractivity contribution in [2.24, 2.45) is 4.99 Å². The second kappa shape index (κ2) is 6.27. The molecule has 1 unspecified atom stereocenters. The third kappa shape index (κ3) is 2.72. The van der Waals surface area contributed by atoms with E-state index in [0.717, 1.165) is 16.7 Å². The van der Waals surface area contributed by atoms with E-state index in [2.05, 4.69) is 4.98 Å². The maximum atomic E-state index is 13.1. The van der Waals surface area contributed by atoms with Crippen LogP contribution >= 0.6 is 0 Å². The Labute approximate surface area is 151 Å². The number of pyridine rings is 1. The Hall–Kier alpha value is -3.19. The van der Waals surface area contributed by atoms with E-state index < -0.39 is 15.7 Å². The van der Waals surface area contributed by atoms with E-state index in [1.807, 2.05) is 25.1 Å². The number of non-ortho nitro benzene ring substituents is 1. The molecule has 0 N–H and O–H groups in total. The van der Waals surface area contributed by atoms with Gasteiger partial charge in [0.05, 0.1) is 43.1 Å². The Bertz CT molecular complexity index is 1090. The van der Waals surface area contributed by atoms with Gasteiger partial charge in [-0.15, -0.1) is 0 Å². The summed E-state index contributed by atoms with van der Waals surface area (Å²) < 4.78 is 13.1. The van der Waals surface area contributed by atoms with Crippen molar-refractivity contribution in [1.29, 1.82) is 0 Å². The lowest BCUT2D eigenvalue weighted by Gasteiger charge is -2.10. The van der Waals surface area contributed by atoms with Gasteiger partial charge in [-0.3, -0.25) is 15.1 Å². The number of nitrogens with zero attached hydrogens (tertiary/aromatic N) is 3. The SMILES string of the molecule is Cc1ccc2c(c1)C(c1ccc([N+](=O)[O-])cc1)=Nc1cnccc1S2=O. The van der Waals surface area contributed by atoms with Crippen LogP contribution in [-0.4, -0.2) is 19.8 Å². The molecule has 0 radical (unpaired) electrons. The molecule has 128 valence electrons. The highest BCUT2D eigenvalue weighted by Gasteiger charge is 2.24. The minimum Gasteiger partial charge on any atom is -0.262 e. The quantitative estimate of drug-likeness (QED) is 0.399. The van der Waals surface area contributed by atoms with Gasteiger partial charge in [-0.2, -0.15) is 0 Å². The minimum atomic E-state index is -1.38. The Balaban J connectivity index is 1.99. The van der Waals surface area contributed by atoms with Crippen molar-refractivity contribution in [2.45, 2.75) is 16.7 Å². The van der Waals surface area contributed by atoms with Crippen LogP contribution in [0.15, 0.2) is 75.7 Å². The van der Waals surface area contributed by atoms with E-state index in [4.69, 9.17) is 4.99 Å². The molecule has 26 heavy (non-hydrogen) atoms. The summed E-state index contributed by atoms with van der Waals surface area (Å²) in [4.78, 5) is 20.5. The fourth-order valence-corrected chi connectivity index (χ4v) is 4.12. The normalized spacial score (nSPS) is 15.4. The van der Waals surface area contributed by atoms with Gasteiger partial charge in [0.1, 0.15) is 0 Å². The largest absolute Gasteiger partial charge is 0.269 e. The number of benzene rings is 2. The highest BCUT2D eigenvalue weighted by atomic mass is 32.2. The Morgan fingerprint density at radius 1 is 1.04 bits per heavy atom. The van der Waals surface area contributed by atoms with Gasteiger partial charge in [-0.1, -0.05) is 11.6 Å². The number of fused-ring (bicyclic) bond motifs is 2. The first-order chi connectivity index (χ1) is 12.5. The fourth-order valence-electron chi connectivity index (χ4n) is 2.86. The van der Waals surface area contributed by atoms with E-state index in [1.165, 1.54) is 12.1 Å². The van der Waals surface area contributed by atoms with Crippen LogP contribution in [0.5, 0.6) is 0 Å². The van der Waals surface area contributed by atoms with E-state index in [9.17, 15) is 14.3 Å². The molecule has 2 heterocycles. The summed E-state index contributed by atoms with van der Waals surface area (Å²) in [6, 6.07) is 13.6. The molecule has 6 nitrogen and oxygen atoms in total. The molecule has 4 rings (SSSR count). The average Bonchev–Trinajstić information content (AvgIpc) is 2.77. The number of hydrogen-bond acceptors (Lipinski definition) is 5. The summed E-state index contributed by atoms with van der Waals surface area (Å²) >= 11 is 0. The summed E-state index contributed by atoms with van der Waals surface area (Å²) in [6.07, 6.45) is 3.17. The highest BCUT2D eigenvalue weighted by Crippen LogP contribution is 2.34. The molecule has 1 aliphatic heterocycles. The smallest absolute Gasteiger partial charge is 0.262 e. The van der Waals surface area contributed by atoms with Crippen LogP contribution in [0, 0.1) is 17.0 Å². The van der Waals surface area contributed by atoms with E-state index in [-0.39, 0.29) is 5.69 Å². The Morgan fingerprint density at radius 2 is 1.81 bits per heavy atom. The highest BCUT2D eigenvalue weighted by molar-refractivity contribution is 7.85. The second-order valence-electron chi connectivity index (χ2n) is 5.88. The van der Waals surface area contributed by atoms with E-state index >= 15 is 0 Å². The Kier molecular flexibility index (Phi) is 3.93. The molecule has 2 aromatic carbocycles. The van der Waals surface area contributed by atoms with Crippen molar-refractivity contribution in [2.75, 3.05) is 0 Å². The van der Waals surface area contributed by atoms with Crippen molar-refractivity contribution in [1.82, 2.24) is 4.98 Å². The van der Waals surface area contributed by atoms with Crippen LogP contribution in [-0.2, 0) is 10.8 Å². The molecule has 0 bridgehead atoms. The zero-order valence-electron chi connectivity index (χ0n) is 13.7. The lowest BCUT2D eigenvalue weighted by atomic mass is 10.00. The number of aryl methyl sites for hydroxylation is 1. The molecule has 0 saturated heterocycles. The number of rotatable bonds is 2. The van der Waals surface area contributed by atoms with Gasteiger partial charge in [0, 0.05) is 29.5 Å². The summed E-state index contributed by atoms with van der Waals surface area (Å²) in [6.45, 7) is 1.95. The van der Waals surface area contributed by atoms with Gasteiger partial charge >= 0.3 is 0 Å². The zero-order valence-corrected chi connectivity index (χ0v) is 14.6. The van der Waals surface area contributed by atoms with Crippen molar-refractivity contribution >= 4 is 27.9 Å². The van der Waals surface area contributed by atoms with Gasteiger partial charge in [0.15, 0.2) is 0 Å². The lowest BCUT2D eigenvalue weighted by Crippen LogP contribution is -2.07. The monoisotopic (exact) mass is 363 g/mol. The van der Waals surface area contributed by atoms with Crippen LogP contribution in [0.25, 0.3) is 0 Å². The lowest BCUT2D eigenvalue weighted by molar-refractivity contribution is -0.384. The summed E-state index contributed by atoms with van der Waals surface area (Å²) in [5, 5.41) is 10.9. The predicted molar refractivity (Wildman–Crippen MR) is 98.5 cm³/mol. The standard InChI is InChI=1S/C19H13N3O3S/c1-12-2-7-17-15(10-12)19(13-3-5-14(6-4-13)22(23)24)21-16-11-20-9-8-18(16)26(17)25/h2-11H,1H3. The average molecular weight is 363 g/mol. The first kappa shape index (κ1) is 16.3. The van der Waals surface area contributed by atoms with Gasteiger partial charge in [0.2, 0.25) is 0 Å². The number of aliphatic imine (C=N–C) groups is 1. The van der Waals surface area contributed by atoms with Crippen molar-refractivity contribution in [3.8, 4) is 0 Å². The number of aromatic nitrogens is 1. The molecule has 0 fully saturated rings. The molecule has 0 spiro atoms. The molecule has 0 amide bonds. The molecular formula is C19H13N3O3S. The molecule has 7 heteroatoms. The van der Waals surface area contributed by atoms with Crippen molar-refractivity contribution in [3.05, 3.63) is 87.7 Å². The summed E-state index contributed by atoms with van der Waals surface area (Å²) in [7, 11) is -1.38. The molecule has 1 atom stereocenters. The van der Waals surface area contributed by atoms with E-state index in [1.54, 1.807) is 30.6 Å². The minimum absolute atomic E-state index is 0.0121. The summed E-state index contributed by atoms with van der Waals surface area (Å²) in [5.41, 5.74) is 3.66. The van der Waals surface area contributed by atoms with Crippen LogP contribution in [0.2, 0.25) is 0 Å². The first-order valence-electron chi connectivity index (χ1n) is 7.85. The van der Waals surface area contributed by atoms with Crippen molar-refractivity contribution < 1.29 is 9.13 Å². The van der Waals surface area contributed by atoms with Gasteiger partial charge in [-0.05, 0) is 37.3 Å². The first-order valence-corrected chi connectivity index (χ1v) is 9.00. The molecule has 1 aliphatic rings. The van der Waals surface area contributed by atoms with Gasteiger partial charge in [0.25, 0.3) is 5.69 Å². The van der Waals surface area contributed by atoms with Crippen LogP contribution in [0.1, 0.15) is 16.7 Å². The topological polar surface area (TPSA) is 85.5 Å². The second-order valence-corrected chi connectivity index (χ2v) is 7.29. The van der Waals surface area contributed by atoms with Crippen LogP contribution < -0.4 is 0 Å². The number of nitro benzene ring substituents is 1. The van der Waals surface area contributed by atoms with Gasteiger partial charge < -0.3 is 0 Å². The fraction of sp³-hybridized carbons (Fsp3) is 0.0526. The molecule has 1 aromatic heterocycles. The maximum absolute atomic E-state index is 13.1. The third-order valence-electron chi connectivity index (χ3n) is 4.13. The molecular weight excluding hydrogens is 350 g/mol. The van der Waals surface area contributed by atoms with Crippen LogP contribution in [0.3, 0.4) is 0 Å². The summed E-state index contributed by atoms with van der Waals surface area (Å²) in [5.74, 6) is 0. The number of hydrogen-bond donors (Lipinski definition) is 0.